The highest BCUT2D eigenvalue weighted by atomic mass is 32.2. The molecule has 31 heavy (non-hydrogen) atoms. The summed E-state index contributed by atoms with van der Waals surface area (Å²) in [6.45, 7) is 0.417. The van der Waals surface area contributed by atoms with Crippen LogP contribution in [0.15, 0.2) is 63.7 Å². The number of carbonyl (C=O) groups excluding carboxylic acids is 1. The summed E-state index contributed by atoms with van der Waals surface area (Å²) < 4.78 is 12.7. The summed E-state index contributed by atoms with van der Waals surface area (Å²) in [6.07, 6.45) is 1.61. The zero-order valence-corrected chi connectivity index (χ0v) is 18.1. The van der Waals surface area contributed by atoms with Crippen molar-refractivity contribution < 1.29 is 13.9 Å². The number of nitriles is 1. The summed E-state index contributed by atoms with van der Waals surface area (Å²) >= 11 is 2.58. The van der Waals surface area contributed by atoms with E-state index in [1.165, 1.54) is 23.1 Å². The Morgan fingerprint density at radius 3 is 3.00 bits per heavy atom. The molecule has 0 aliphatic heterocycles. The summed E-state index contributed by atoms with van der Waals surface area (Å²) in [5, 5.41) is 23.4. The molecule has 0 aliphatic rings. The number of nitrogens with zero attached hydrogens (tertiary/aromatic N) is 4. The largest absolute Gasteiger partial charge is 0.497 e. The first kappa shape index (κ1) is 20.7. The van der Waals surface area contributed by atoms with E-state index in [-0.39, 0.29) is 11.7 Å². The van der Waals surface area contributed by atoms with Crippen molar-refractivity contribution in [2.24, 2.45) is 0 Å². The Morgan fingerprint density at radius 1 is 1.32 bits per heavy atom. The molecule has 0 saturated carbocycles. The molecule has 0 unspecified atom stereocenters. The molecular weight excluding hydrogens is 434 g/mol. The van der Waals surface area contributed by atoms with Crippen LogP contribution in [0.1, 0.15) is 11.3 Å². The van der Waals surface area contributed by atoms with E-state index in [0.717, 1.165) is 11.3 Å². The maximum absolute atomic E-state index is 12.4. The molecule has 0 atom stereocenters. The van der Waals surface area contributed by atoms with Gasteiger partial charge in [-0.3, -0.25) is 9.36 Å². The van der Waals surface area contributed by atoms with Gasteiger partial charge in [-0.05, 0) is 35.7 Å². The van der Waals surface area contributed by atoms with Gasteiger partial charge in [0.2, 0.25) is 5.91 Å². The SMILES string of the molecule is COc1cccc(-c2nnc(SCC(=O)Nc3sccc3C#N)n2Cc2ccco2)c1. The number of aromatic nitrogens is 3. The highest BCUT2D eigenvalue weighted by molar-refractivity contribution is 7.99. The lowest BCUT2D eigenvalue weighted by Gasteiger charge is -2.10. The topological polar surface area (TPSA) is 106 Å². The number of carbonyl (C=O) groups is 1. The van der Waals surface area contributed by atoms with E-state index in [1.807, 2.05) is 41.0 Å². The van der Waals surface area contributed by atoms with Crippen LogP contribution in [-0.4, -0.2) is 33.5 Å². The fourth-order valence-corrected chi connectivity index (χ4v) is 4.35. The quantitative estimate of drug-likeness (QED) is 0.399. The van der Waals surface area contributed by atoms with Crippen molar-refractivity contribution >= 4 is 34.0 Å². The average molecular weight is 452 g/mol. The van der Waals surface area contributed by atoms with Crippen LogP contribution in [0.4, 0.5) is 5.00 Å². The first-order chi connectivity index (χ1) is 15.2. The van der Waals surface area contributed by atoms with Gasteiger partial charge in [-0.15, -0.1) is 21.5 Å². The lowest BCUT2D eigenvalue weighted by atomic mass is 10.2. The first-order valence-corrected chi connectivity index (χ1v) is 11.0. The van der Waals surface area contributed by atoms with Gasteiger partial charge in [0.05, 0.1) is 31.2 Å². The molecule has 10 heteroatoms. The molecule has 1 amide bonds. The van der Waals surface area contributed by atoms with E-state index in [9.17, 15) is 4.79 Å². The van der Waals surface area contributed by atoms with Crippen molar-refractivity contribution in [3.8, 4) is 23.2 Å². The minimum atomic E-state index is -0.223. The van der Waals surface area contributed by atoms with Crippen LogP contribution in [0.25, 0.3) is 11.4 Å². The van der Waals surface area contributed by atoms with Gasteiger partial charge in [-0.25, -0.2) is 0 Å². The van der Waals surface area contributed by atoms with Crippen molar-refractivity contribution in [3.05, 3.63) is 65.4 Å². The number of ether oxygens (including phenoxy) is 1. The highest BCUT2D eigenvalue weighted by Gasteiger charge is 2.18. The normalized spacial score (nSPS) is 10.6. The minimum Gasteiger partial charge on any atom is -0.497 e. The Bertz CT molecular complexity index is 1220. The van der Waals surface area contributed by atoms with Crippen molar-refractivity contribution in [1.29, 1.82) is 5.26 Å². The Kier molecular flexibility index (Phi) is 6.35. The van der Waals surface area contributed by atoms with E-state index in [0.29, 0.717) is 33.8 Å². The third-order valence-electron chi connectivity index (χ3n) is 4.31. The number of nitrogens with one attached hydrogen (secondary N) is 1. The third-order valence-corrected chi connectivity index (χ3v) is 6.11. The summed E-state index contributed by atoms with van der Waals surface area (Å²) in [5.41, 5.74) is 1.29. The Morgan fingerprint density at radius 2 is 2.23 bits per heavy atom. The minimum absolute atomic E-state index is 0.122. The molecule has 0 spiro atoms. The lowest BCUT2D eigenvalue weighted by Crippen LogP contribution is -2.14. The first-order valence-electron chi connectivity index (χ1n) is 9.18. The number of anilines is 1. The van der Waals surface area contributed by atoms with Crippen molar-refractivity contribution in [2.45, 2.75) is 11.7 Å². The van der Waals surface area contributed by atoms with Crippen LogP contribution in [0.5, 0.6) is 5.75 Å². The molecular formula is C21H17N5O3S2. The molecule has 4 aromatic rings. The van der Waals surface area contributed by atoms with Crippen LogP contribution in [0.2, 0.25) is 0 Å². The number of hydrogen-bond donors (Lipinski definition) is 1. The third kappa shape index (κ3) is 4.79. The standard InChI is InChI=1S/C21H17N5O3S2/c1-28-16-5-2-4-14(10-16)19-24-25-21(26(19)12-17-6-3-8-29-17)31-13-18(27)23-20-15(11-22)7-9-30-20/h2-10H,12-13H2,1H3,(H,23,27). The maximum atomic E-state index is 12.4. The van der Waals surface area contributed by atoms with Gasteiger partial charge in [0, 0.05) is 5.56 Å². The predicted molar refractivity (Wildman–Crippen MR) is 118 cm³/mol. The molecule has 1 N–H and O–H groups in total. The molecule has 0 fully saturated rings. The molecule has 3 heterocycles. The van der Waals surface area contributed by atoms with Crippen LogP contribution >= 0.6 is 23.1 Å². The number of thioether (sulfide) groups is 1. The average Bonchev–Trinajstić information content (AvgIpc) is 3.54. The summed E-state index contributed by atoms with van der Waals surface area (Å²) in [7, 11) is 1.61. The van der Waals surface area contributed by atoms with E-state index >= 15 is 0 Å². The van der Waals surface area contributed by atoms with Crippen LogP contribution in [0.3, 0.4) is 0 Å². The van der Waals surface area contributed by atoms with Gasteiger partial charge in [0.1, 0.15) is 22.6 Å². The van der Waals surface area contributed by atoms with Gasteiger partial charge in [-0.1, -0.05) is 23.9 Å². The number of amides is 1. The van der Waals surface area contributed by atoms with E-state index in [4.69, 9.17) is 14.4 Å². The fraction of sp³-hybridized carbons (Fsp3) is 0.143. The maximum Gasteiger partial charge on any atom is 0.235 e. The zero-order chi connectivity index (χ0) is 21.6. The molecule has 0 saturated heterocycles. The number of furan rings is 1. The van der Waals surface area contributed by atoms with Gasteiger partial charge in [0.15, 0.2) is 11.0 Å². The lowest BCUT2D eigenvalue weighted by molar-refractivity contribution is -0.113. The van der Waals surface area contributed by atoms with Crippen molar-refractivity contribution in [1.82, 2.24) is 14.8 Å². The van der Waals surface area contributed by atoms with Crippen LogP contribution in [-0.2, 0) is 11.3 Å². The Labute approximate surface area is 186 Å². The Hall–Kier alpha value is -3.55. The smallest absolute Gasteiger partial charge is 0.235 e. The summed E-state index contributed by atoms with van der Waals surface area (Å²) in [5.74, 6) is 2.00. The molecule has 8 nitrogen and oxygen atoms in total. The number of methoxy groups -OCH3 is 1. The second-order valence-corrected chi connectivity index (χ2v) is 8.17. The van der Waals surface area contributed by atoms with Gasteiger partial charge in [-0.2, -0.15) is 5.26 Å². The zero-order valence-electron chi connectivity index (χ0n) is 16.4. The molecule has 0 radical (unpaired) electrons. The fourth-order valence-electron chi connectivity index (χ4n) is 2.86. The second-order valence-electron chi connectivity index (χ2n) is 6.32. The summed E-state index contributed by atoms with van der Waals surface area (Å²) in [4.78, 5) is 12.4. The monoisotopic (exact) mass is 451 g/mol. The number of rotatable bonds is 8. The number of hydrogen-bond acceptors (Lipinski definition) is 8. The second kappa shape index (κ2) is 9.51. The molecule has 4 rings (SSSR count). The van der Waals surface area contributed by atoms with Crippen LogP contribution < -0.4 is 10.1 Å². The molecule has 3 aromatic heterocycles. The van der Waals surface area contributed by atoms with Gasteiger partial charge in [0.25, 0.3) is 0 Å². The highest BCUT2D eigenvalue weighted by Crippen LogP contribution is 2.28. The van der Waals surface area contributed by atoms with E-state index in [1.54, 1.807) is 24.8 Å². The molecule has 156 valence electrons. The summed E-state index contributed by atoms with van der Waals surface area (Å²) in [6, 6.07) is 15.0. The number of benzene rings is 1. The van der Waals surface area contributed by atoms with E-state index in [2.05, 4.69) is 21.6 Å². The number of thiophene rings is 1. The molecule has 0 aliphatic carbocycles. The molecule has 1 aromatic carbocycles. The Balaban J connectivity index is 1.56. The van der Waals surface area contributed by atoms with Gasteiger partial charge >= 0.3 is 0 Å². The van der Waals surface area contributed by atoms with Crippen LogP contribution in [0, 0.1) is 11.3 Å². The van der Waals surface area contributed by atoms with Gasteiger partial charge < -0.3 is 14.5 Å². The predicted octanol–water partition coefficient (Wildman–Crippen LogP) is 4.26. The van der Waals surface area contributed by atoms with E-state index < -0.39 is 0 Å². The van der Waals surface area contributed by atoms with Crippen molar-refractivity contribution in [3.63, 3.8) is 0 Å². The van der Waals surface area contributed by atoms with Crippen molar-refractivity contribution in [2.75, 3.05) is 18.2 Å². The molecule has 0 bridgehead atoms.